The number of hydrogen-bond acceptors (Lipinski definition) is 2. The first-order valence-electron chi connectivity index (χ1n) is 6.87. The summed E-state index contributed by atoms with van der Waals surface area (Å²) in [6, 6.07) is 6.33. The second kappa shape index (κ2) is 5.23. The molecule has 2 heteroatoms. The lowest BCUT2D eigenvalue weighted by Gasteiger charge is -2.25. The first kappa shape index (κ1) is 13.3. The molecule has 2 N–H and O–H groups in total. The predicted molar refractivity (Wildman–Crippen MR) is 74.6 cm³/mol. The second-order valence-corrected chi connectivity index (χ2v) is 5.72. The molecule has 0 unspecified atom stereocenters. The normalized spacial score (nSPS) is 17.9. The van der Waals surface area contributed by atoms with Crippen LogP contribution in [-0.4, -0.2) is 12.3 Å². The number of carbonyl (C=O) groups is 1. The number of benzene rings is 1. The van der Waals surface area contributed by atoms with Gasteiger partial charge in [-0.25, -0.2) is 0 Å². The van der Waals surface area contributed by atoms with Crippen LogP contribution in [-0.2, 0) is 11.2 Å². The fraction of sp³-hybridized carbons (Fsp3) is 0.562. The van der Waals surface area contributed by atoms with Crippen molar-refractivity contribution < 1.29 is 4.79 Å². The van der Waals surface area contributed by atoms with Crippen molar-refractivity contribution in [2.24, 2.45) is 11.1 Å². The van der Waals surface area contributed by atoms with E-state index in [2.05, 4.69) is 32.0 Å². The smallest absolute Gasteiger partial charge is 0.144 e. The van der Waals surface area contributed by atoms with E-state index in [0.717, 1.165) is 25.7 Å². The van der Waals surface area contributed by atoms with Gasteiger partial charge < -0.3 is 5.73 Å². The Balaban J connectivity index is 2.18. The van der Waals surface area contributed by atoms with Gasteiger partial charge in [-0.1, -0.05) is 36.6 Å². The van der Waals surface area contributed by atoms with Crippen LogP contribution in [0.3, 0.4) is 0 Å². The highest BCUT2D eigenvalue weighted by molar-refractivity contribution is 5.87. The minimum Gasteiger partial charge on any atom is -0.329 e. The minimum atomic E-state index is -0.226. The van der Waals surface area contributed by atoms with Gasteiger partial charge in [0.2, 0.25) is 0 Å². The van der Waals surface area contributed by atoms with E-state index in [1.54, 1.807) is 0 Å². The molecule has 1 aliphatic carbocycles. The molecule has 0 radical (unpaired) electrons. The van der Waals surface area contributed by atoms with E-state index >= 15 is 0 Å². The maximum absolute atomic E-state index is 12.6. The molecule has 1 aliphatic rings. The van der Waals surface area contributed by atoms with Gasteiger partial charge in [-0.15, -0.1) is 0 Å². The zero-order chi connectivity index (χ0) is 13.2. The first-order chi connectivity index (χ1) is 8.57. The second-order valence-electron chi connectivity index (χ2n) is 5.72. The van der Waals surface area contributed by atoms with E-state index in [-0.39, 0.29) is 5.41 Å². The van der Waals surface area contributed by atoms with Crippen molar-refractivity contribution in [3.05, 3.63) is 34.9 Å². The van der Waals surface area contributed by atoms with Crippen molar-refractivity contribution in [1.82, 2.24) is 0 Å². The molecule has 98 valence electrons. The summed E-state index contributed by atoms with van der Waals surface area (Å²) in [6.07, 6.45) is 4.80. The number of Topliss-reactive ketones (excluding diaryl/α,β-unsaturated/α-hetero) is 1. The van der Waals surface area contributed by atoms with Crippen LogP contribution in [0.5, 0.6) is 0 Å². The fourth-order valence-corrected chi connectivity index (χ4v) is 3.00. The van der Waals surface area contributed by atoms with Crippen LogP contribution in [0.4, 0.5) is 0 Å². The van der Waals surface area contributed by atoms with E-state index in [1.165, 1.54) is 16.7 Å². The number of hydrogen-bond donors (Lipinski definition) is 1. The summed E-state index contributed by atoms with van der Waals surface area (Å²) in [4.78, 5) is 12.6. The van der Waals surface area contributed by atoms with Gasteiger partial charge in [-0.05, 0) is 37.8 Å². The van der Waals surface area contributed by atoms with E-state index in [0.29, 0.717) is 18.7 Å². The topological polar surface area (TPSA) is 43.1 Å². The van der Waals surface area contributed by atoms with Gasteiger partial charge in [0.1, 0.15) is 5.78 Å². The molecule has 0 spiro atoms. The van der Waals surface area contributed by atoms with Crippen LogP contribution < -0.4 is 5.73 Å². The molecule has 2 rings (SSSR count). The molecule has 1 fully saturated rings. The standard InChI is InChI=1S/C16H23NO/c1-12-5-6-13(2)14(9-12)10-15(18)16(11-17)7-3-4-8-16/h5-6,9H,3-4,7-8,10-11,17H2,1-2H3. The SMILES string of the molecule is Cc1ccc(C)c(CC(=O)C2(CN)CCCC2)c1. The van der Waals surface area contributed by atoms with Crippen molar-refractivity contribution in [3.8, 4) is 0 Å². The van der Waals surface area contributed by atoms with E-state index in [4.69, 9.17) is 5.73 Å². The lowest BCUT2D eigenvalue weighted by molar-refractivity contribution is -0.127. The quantitative estimate of drug-likeness (QED) is 0.886. The maximum atomic E-state index is 12.6. The molecular weight excluding hydrogens is 222 g/mol. The lowest BCUT2D eigenvalue weighted by Crippen LogP contribution is -2.37. The van der Waals surface area contributed by atoms with Crippen molar-refractivity contribution in [3.63, 3.8) is 0 Å². The van der Waals surface area contributed by atoms with Crippen molar-refractivity contribution >= 4 is 5.78 Å². The van der Waals surface area contributed by atoms with E-state index < -0.39 is 0 Å². The largest absolute Gasteiger partial charge is 0.329 e. The lowest BCUT2D eigenvalue weighted by atomic mass is 9.79. The molecule has 1 saturated carbocycles. The molecule has 2 nitrogen and oxygen atoms in total. The van der Waals surface area contributed by atoms with Crippen LogP contribution >= 0.6 is 0 Å². The number of nitrogens with two attached hydrogens (primary N) is 1. The van der Waals surface area contributed by atoms with Gasteiger partial charge >= 0.3 is 0 Å². The van der Waals surface area contributed by atoms with Crippen LogP contribution in [0.25, 0.3) is 0 Å². The molecule has 1 aromatic rings. The van der Waals surface area contributed by atoms with Crippen molar-refractivity contribution in [2.45, 2.75) is 46.0 Å². The monoisotopic (exact) mass is 245 g/mol. The molecule has 0 aromatic heterocycles. The number of rotatable bonds is 4. The Kier molecular flexibility index (Phi) is 3.86. The third-order valence-electron chi connectivity index (χ3n) is 4.40. The molecule has 18 heavy (non-hydrogen) atoms. The maximum Gasteiger partial charge on any atom is 0.144 e. The highest BCUT2D eigenvalue weighted by Gasteiger charge is 2.39. The molecule has 0 amide bonds. The number of carbonyl (C=O) groups excluding carboxylic acids is 1. The van der Waals surface area contributed by atoms with Crippen LogP contribution in [0, 0.1) is 19.3 Å². The summed E-state index contributed by atoms with van der Waals surface area (Å²) in [5, 5.41) is 0. The highest BCUT2D eigenvalue weighted by Crippen LogP contribution is 2.38. The third-order valence-corrected chi connectivity index (χ3v) is 4.40. The Labute approximate surface area is 110 Å². The Morgan fingerprint density at radius 3 is 2.56 bits per heavy atom. The van der Waals surface area contributed by atoms with Crippen LogP contribution in [0.15, 0.2) is 18.2 Å². The first-order valence-corrected chi connectivity index (χ1v) is 6.87. The zero-order valence-electron chi connectivity index (χ0n) is 11.5. The Bertz CT molecular complexity index is 444. The van der Waals surface area contributed by atoms with Gasteiger partial charge in [-0.3, -0.25) is 4.79 Å². The minimum absolute atomic E-state index is 0.226. The summed E-state index contributed by atoms with van der Waals surface area (Å²) >= 11 is 0. The third kappa shape index (κ3) is 2.49. The fourth-order valence-electron chi connectivity index (χ4n) is 3.00. The summed E-state index contributed by atoms with van der Waals surface area (Å²) < 4.78 is 0. The van der Waals surface area contributed by atoms with Gasteiger partial charge in [0.05, 0.1) is 0 Å². The van der Waals surface area contributed by atoms with Crippen LogP contribution in [0.1, 0.15) is 42.4 Å². The molecule has 1 aromatic carbocycles. The van der Waals surface area contributed by atoms with E-state index in [1.807, 2.05) is 0 Å². The van der Waals surface area contributed by atoms with Gasteiger partial charge in [0.25, 0.3) is 0 Å². The van der Waals surface area contributed by atoms with Gasteiger partial charge in [0.15, 0.2) is 0 Å². The number of ketones is 1. The van der Waals surface area contributed by atoms with Crippen LogP contribution in [0.2, 0.25) is 0 Å². The average molecular weight is 245 g/mol. The highest BCUT2D eigenvalue weighted by atomic mass is 16.1. The van der Waals surface area contributed by atoms with Crippen molar-refractivity contribution in [2.75, 3.05) is 6.54 Å². The number of aryl methyl sites for hydroxylation is 2. The molecule has 0 atom stereocenters. The van der Waals surface area contributed by atoms with Gasteiger partial charge in [-0.2, -0.15) is 0 Å². The molecule has 0 bridgehead atoms. The molecule has 0 heterocycles. The molecule has 0 aliphatic heterocycles. The molecule has 0 saturated heterocycles. The average Bonchev–Trinajstić information content (AvgIpc) is 2.84. The van der Waals surface area contributed by atoms with Crippen molar-refractivity contribution in [1.29, 1.82) is 0 Å². The summed E-state index contributed by atoms with van der Waals surface area (Å²) in [5.74, 6) is 0.344. The zero-order valence-corrected chi connectivity index (χ0v) is 11.5. The molecular formula is C16H23NO. The van der Waals surface area contributed by atoms with E-state index in [9.17, 15) is 4.79 Å². The summed E-state index contributed by atoms with van der Waals surface area (Å²) in [5.41, 5.74) is 9.24. The Hall–Kier alpha value is -1.15. The Morgan fingerprint density at radius 2 is 1.94 bits per heavy atom. The predicted octanol–water partition coefficient (Wildman–Crippen LogP) is 2.93. The summed E-state index contributed by atoms with van der Waals surface area (Å²) in [6.45, 7) is 4.66. The Morgan fingerprint density at radius 1 is 1.28 bits per heavy atom. The summed E-state index contributed by atoms with van der Waals surface area (Å²) in [7, 11) is 0. The van der Waals surface area contributed by atoms with Gasteiger partial charge in [0, 0.05) is 18.4 Å².